The van der Waals surface area contributed by atoms with Gasteiger partial charge in [-0.1, -0.05) is 0 Å². The Bertz CT molecular complexity index is 252. The Kier molecular flexibility index (Phi) is 3.22. The Labute approximate surface area is 84.4 Å². The number of rotatable bonds is 4. The van der Waals surface area contributed by atoms with Gasteiger partial charge in [0.05, 0.1) is 12.9 Å². The van der Waals surface area contributed by atoms with Gasteiger partial charge in [0.25, 0.3) is 0 Å². The second-order valence-electron chi connectivity index (χ2n) is 3.78. The summed E-state index contributed by atoms with van der Waals surface area (Å²) in [5.74, 6) is 0.906. The van der Waals surface area contributed by atoms with E-state index in [-0.39, 0.29) is 6.10 Å². The monoisotopic (exact) mass is 195 g/mol. The summed E-state index contributed by atoms with van der Waals surface area (Å²) in [6, 6.07) is 4.38. The Balaban J connectivity index is 1.74. The molecule has 3 heteroatoms. The molecule has 3 nitrogen and oxygen atoms in total. The Morgan fingerprint density at radius 3 is 3.29 bits per heavy atom. The lowest BCUT2D eigenvalue weighted by Gasteiger charge is -2.14. The molecule has 14 heavy (non-hydrogen) atoms. The van der Waals surface area contributed by atoms with Crippen molar-refractivity contribution in [2.75, 3.05) is 13.2 Å². The van der Waals surface area contributed by atoms with Crippen LogP contribution in [0.2, 0.25) is 0 Å². The molecule has 1 aliphatic heterocycles. The molecule has 78 valence electrons. The van der Waals surface area contributed by atoms with Crippen molar-refractivity contribution in [1.82, 2.24) is 5.32 Å². The highest BCUT2D eigenvalue weighted by molar-refractivity contribution is 5.00. The maximum absolute atomic E-state index is 5.71. The van der Waals surface area contributed by atoms with Gasteiger partial charge in [-0.3, -0.25) is 0 Å². The summed E-state index contributed by atoms with van der Waals surface area (Å²) in [6.07, 6.45) is 4.24. The lowest BCUT2D eigenvalue weighted by molar-refractivity contribution is 0.0388. The van der Waals surface area contributed by atoms with Gasteiger partial charge in [0.15, 0.2) is 0 Å². The fourth-order valence-corrected chi connectivity index (χ4v) is 1.76. The van der Waals surface area contributed by atoms with Crippen LogP contribution in [-0.4, -0.2) is 19.2 Å². The van der Waals surface area contributed by atoms with Crippen LogP contribution in [0.25, 0.3) is 0 Å². The first-order chi connectivity index (χ1) is 6.86. The van der Waals surface area contributed by atoms with E-state index in [1.807, 2.05) is 19.1 Å². The van der Waals surface area contributed by atoms with E-state index >= 15 is 0 Å². The fraction of sp³-hybridized carbons (Fsp3) is 0.636. The molecule has 0 aliphatic carbocycles. The summed E-state index contributed by atoms with van der Waals surface area (Å²) in [4.78, 5) is 0. The minimum atomic E-state index is 0.0624. The highest BCUT2D eigenvalue weighted by Crippen LogP contribution is 2.18. The maximum Gasteiger partial charge on any atom is 0.132 e. The molecule has 1 aromatic heterocycles. The van der Waals surface area contributed by atoms with Crippen molar-refractivity contribution in [2.45, 2.75) is 31.9 Å². The van der Waals surface area contributed by atoms with Crippen molar-refractivity contribution >= 4 is 0 Å². The zero-order valence-electron chi connectivity index (χ0n) is 8.53. The van der Waals surface area contributed by atoms with E-state index < -0.39 is 0 Å². The number of nitrogens with one attached hydrogen (secondary N) is 1. The van der Waals surface area contributed by atoms with Crippen molar-refractivity contribution in [3.8, 4) is 0 Å². The van der Waals surface area contributed by atoms with E-state index in [1.165, 1.54) is 12.8 Å². The van der Waals surface area contributed by atoms with Gasteiger partial charge in [-0.15, -0.1) is 0 Å². The smallest absolute Gasteiger partial charge is 0.132 e. The quantitative estimate of drug-likeness (QED) is 0.799. The SMILES string of the molecule is C[C@@H](OC[C@H]1CCCN1)c1ccco1. The number of ether oxygens (including phenoxy) is 1. The fourth-order valence-electron chi connectivity index (χ4n) is 1.76. The minimum Gasteiger partial charge on any atom is -0.467 e. The van der Waals surface area contributed by atoms with Crippen LogP contribution in [0, 0.1) is 0 Å². The van der Waals surface area contributed by atoms with Crippen molar-refractivity contribution in [3.05, 3.63) is 24.2 Å². The third-order valence-electron chi connectivity index (χ3n) is 2.65. The second-order valence-corrected chi connectivity index (χ2v) is 3.78. The highest BCUT2D eigenvalue weighted by atomic mass is 16.5. The van der Waals surface area contributed by atoms with Gasteiger partial charge in [-0.2, -0.15) is 0 Å². The van der Waals surface area contributed by atoms with Gasteiger partial charge in [0, 0.05) is 6.04 Å². The third kappa shape index (κ3) is 2.36. The van der Waals surface area contributed by atoms with E-state index in [4.69, 9.17) is 9.15 Å². The van der Waals surface area contributed by atoms with Crippen molar-refractivity contribution in [1.29, 1.82) is 0 Å². The van der Waals surface area contributed by atoms with Crippen LogP contribution >= 0.6 is 0 Å². The van der Waals surface area contributed by atoms with Gasteiger partial charge in [-0.25, -0.2) is 0 Å². The average Bonchev–Trinajstić information content (AvgIpc) is 2.87. The zero-order valence-corrected chi connectivity index (χ0v) is 8.53. The first-order valence-corrected chi connectivity index (χ1v) is 5.24. The molecule has 0 saturated carbocycles. The summed E-state index contributed by atoms with van der Waals surface area (Å²) in [5.41, 5.74) is 0. The van der Waals surface area contributed by atoms with Gasteiger partial charge in [0.2, 0.25) is 0 Å². The second kappa shape index (κ2) is 4.62. The summed E-state index contributed by atoms with van der Waals surface area (Å²) >= 11 is 0. The van der Waals surface area contributed by atoms with Crippen LogP contribution in [-0.2, 0) is 4.74 Å². The molecular weight excluding hydrogens is 178 g/mol. The molecule has 1 saturated heterocycles. The summed E-state index contributed by atoms with van der Waals surface area (Å²) in [7, 11) is 0. The lowest BCUT2D eigenvalue weighted by Crippen LogP contribution is -2.27. The van der Waals surface area contributed by atoms with Gasteiger partial charge in [0.1, 0.15) is 11.9 Å². The predicted octanol–water partition coefficient (Wildman–Crippen LogP) is 2.11. The van der Waals surface area contributed by atoms with E-state index in [0.29, 0.717) is 6.04 Å². The molecule has 0 amide bonds. The molecule has 2 atom stereocenters. The molecule has 1 N–H and O–H groups in total. The van der Waals surface area contributed by atoms with Crippen LogP contribution in [0.15, 0.2) is 22.8 Å². The van der Waals surface area contributed by atoms with Crippen LogP contribution in [0.1, 0.15) is 31.6 Å². The summed E-state index contributed by atoms with van der Waals surface area (Å²) in [5, 5.41) is 3.40. The summed E-state index contributed by atoms with van der Waals surface area (Å²) in [6.45, 7) is 3.93. The highest BCUT2D eigenvalue weighted by Gasteiger charge is 2.16. The third-order valence-corrected chi connectivity index (χ3v) is 2.65. The van der Waals surface area contributed by atoms with Crippen LogP contribution < -0.4 is 5.32 Å². The molecule has 0 radical (unpaired) electrons. The topological polar surface area (TPSA) is 34.4 Å². The first kappa shape index (κ1) is 9.74. The van der Waals surface area contributed by atoms with Gasteiger partial charge < -0.3 is 14.5 Å². The van der Waals surface area contributed by atoms with E-state index in [9.17, 15) is 0 Å². The average molecular weight is 195 g/mol. The van der Waals surface area contributed by atoms with Crippen molar-refractivity contribution in [2.24, 2.45) is 0 Å². The van der Waals surface area contributed by atoms with E-state index in [1.54, 1.807) is 6.26 Å². The van der Waals surface area contributed by atoms with Crippen LogP contribution in [0.4, 0.5) is 0 Å². The van der Waals surface area contributed by atoms with Gasteiger partial charge in [-0.05, 0) is 38.4 Å². The largest absolute Gasteiger partial charge is 0.467 e. The van der Waals surface area contributed by atoms with E-state index in [2.05, 4.69) is 5.32 Å². The van der Waals surface area contributed by atoms with E-state index in [0.717, 1.165) is 18.9 Å². The number of hydrogen-bond donors (Lipinski definition) is 1. The molecule has 0 spiro atoms. The predicted molar refractivity (Wildman–Crippen MR) is 54.1 cm³/mol. The van der Waals surface area contributed by atoms with Crippen molar-refractivity contribution in [3.63, 3.8) is 0 Å². The standard InChI is InChI=1S/C11H17NO2/c1-9(11-5-3-7-13-11)14-8-10-4-2-6-12-10/h3,5,7,9-10,12H,2,4,6,8H2,1H3/t9-,10-/m1/s1. The molecule has 0 bridgehead atoms. The molecule has 1 aromatic rings. The van der Waals surface area contributed by atoms with Crippen LogP contribution in [0.5, 0.6) is 0 Å². The van der Waals surface area contributed by atoms with Crippen molar-refractivity contribution < 1.29 is 9.15 Å². The molecule has 1 fully saturated rings. The summed E-state index contributed by atoms with van der Waals surface area (Å²) < 4.78 is 11.0. The molecule has 0 aromatic carbocycles. The minimum absolute atomic E-state index is 0.0624. The molecule has 1 aliphatic rings. The normalized spacial score (nSPS) is 23.9. The first-order valence-electron chi connectivity index (χ1n) is 5.24. The molecule has 2 rings (SSSR count). The lowest BCUT2D eigenvalue weighted by atomic mass is 10.2. The number of furan rings is 1. The zero-order chi connectivity index (χ0) is 9.80. The Hall–Kier alpha value is -0.800. The van der Waals surface area contributed by atoms with Gasteiger partial charge >= 0.3 is 0 Å². The molecule has 0 unspecified atom stereocenters. The molecular formula is C11H17NO2. The number of hydrogen-bond acceptors (Lipinski definition) is 3. The van der Waals surface area contributed by atoms with Crippen LogP contribution in [0.3, 0.4) is 0 Å². The maximum atomic E-state index is 5.71. The Morgan fingerprint density at radius 2 is 2.64 bits per heavy atom. The molecule has 2 heterocycles. The Morgan fingerprint density at radius 1 is 1.71 bits per heavy atom.